The number of H-pyrrole nitrogens is 1. The van der Waals surface area contributed by atoms with E-state index in [9.17, 15) is 15.3 Å². The molecule has 0 spiro atoms. The summed E-state index contributed by atoms with van der Waals surface area (Å²) < 4.78 is 6.91. The molecule has 0 bridgehead atoms. The lowest BCUT2D eigenvalue weighted by molar-refractivity contribution is -0.752. The number of rotatable bonds is 2. The summed E-state index contributed by atoms with van der Waals surface area (Å²) in [5.74, 6) is 0.484. The van der Waals surface area contributed by atoms with Gasteiger partial charge < -0.3 is 25.2 Å². The van der Waals surface area contributed by atoms with Crippen LogP contribution in [0, 0.1) is 0 Å². The molecule has 3 heterocycles. The maximum absolute atomic E-state index is 9.95. The van der Waals surface area contributed by atoms with Crippen LogP contribution >= 0.6 is 0 Å². The highest BCUT2D eigenvalue weighted by atomic mass is 16.6. The number of ether oxygens (including phenoxy) is 1. The monoisotopic (exact) mass is 271 g/mol. The molecule has 2 aliphatic rings. The van der Waals surface area contributed by atoms with Crippen molar-refractivity contribution in [3.63, 3.8) is 0 Å². The van der Waals surface area contributed by atoms with Crippen LogP contribution in [0.3, 0.4) is 0 Å². The molecule has 1 fully saturated rings. The number of fused-ring (bicyclic) bond motifs is 1. The van der Waals surface area contributed by atoms with Crippen molar-refractivity contribution in [1.82, 2.24) is 4.98 Å². The predicted octanol–water partition coefficient (Wildman–Crippen LogP) is -2.64. The Balaban J connectivity index is 1.92. The zero-order chi connectivity index (χ0) is 13.6. The Morgan fingerprint density at radius 3 is 2.79 bits per heavy atom. The van der Waals surface area contributed by atoms with Crippen molar-refractivity contribution in [2.75, 3.05) is 11.9 Å². The maximum atomic E-state index is 9.95. The van der Waals surface area contributed by atoms with Crippen molar-refractivity contribution in [3.8, 4) is 0 Å². The SMILES string of the molecule is OCC1OC([n+]2c[nH]c3c2NC=NC3O)C(O)C1O. The van der Waals surface area contributed by atoms with Crippen LogP contribution in [0.2, 0.25) is 0 Å². The van der Waals surface area contributed by atoms with Crippen LogP contribution in [0.25, 0.3) is 0 Å². The molecule has 1 aromatic rings. The van der Waals surface area contributed by atoms with E-state index in [0.29, 0.717) is 11.5 Å². The fourth-order valence-corrected chi connectivity index (χ4v) is 2.31. The molecule has 2 aliphatic heterocycles. The number of hydrogen-bond donors (Lipinski definition) is 6. The summed E-state index contributed by atoms with van der Waals surface area (Å²) in [6, 6.07) is 0. The Morgan fingerprint density at radius 2 is 2.11 bits per heavy atom. The highest BCUT2D eigenvalue weighted by Crippen LogP contribution is 2.29. The summed E-state index contributed by atoms with van der Waals surface area (Å²) >= 11 is 0. The molecule has 5 atom stereocenters. The summed E-state index contributed by atoms with van der Waals surface area (Å²) in [5.41, 5.74) is 0.431. The molecule has 19 heavy (non-hydrogen) atoms. The van der Waals surface area contributed by atoms with E-state index < -0.39 is 30.8 Å². The molecule has 9 heteroatoms. The quantitative estimate of drug-likeness (QED) is 0.326. The molecule has 6 N–H and O–H groups in total. The van der Waals surface area contributed by atoms with Crippen LogP contribution in [-0.2, 0) is 4.74 Å². The minimum Gasteiger partial charge on any atom is -0.394 e. The molecule has 3 rings (SSSR count). The van der Waals surface area contributed by atoms with E-state index in [0.717, 1.165) is 0 Å². The maximum Gasteiger partial charge on any atom is 0.269 e. The lowest BCUT2D eigenvalue weighted by Crippen LogP contribution is -2.47. The highest BCUT2D eigenvalue weighted by Gasteiger charge is 2.47. The van der Waals surface area contributed by atoms with Gasteiger partial charge in [-0.15, -0.1) is 0 Å². The third kappa shape index (κ3) is 1.83. The molecule has 5 unspecified atom stereocenters. The second-order valence-corrected chi connectivity index (χ2v) is 4.47. The van der Waals surface area contributed by atoms with Gasteiger partial charge in [0.1, 0.15) is 24.7 Å². The molecular formula is C10H15N4O5+. The lowest BCUT2D eigenvalue weighted by atomic mass is 10.1. The Labute approximate surface area is 107 Å². The smallest absolute Gasteiger partial charge is 0.269 e. The van der Waals surface area contributed by atoms with E-state index in [2.05, 4.69) is 15.3 Å². The number of aliphatic hydroxyl groups is 4. The predicted molar refractivity (Wildman–Crippen MR) is 61.1 cm³/mol. The zero-order valence-corrected chi connectivity index (χ0v) is 9.84. The van der Waals surface area contributed by atoms with Crippen molar-refractivity contribution in [1.29, 1.82) is 0 Å². The van der Waals surface area contributed by atoms with Crippen LogP contribution in [0.15, 0.2) is 11.3 Å². The molecule has 0 aromatic carbocycles. The van der Waals surface area contributed by atoms with Crippen molar-refractivity contribution in [3.05, 3.63) is 12.0 Å². The minimum atomic E-state index is -1.18. The summed E-state index contributed by atoms with van der Waals surface area (Å²) in [7, 11) is 0. The van der Waals surface area contributed by atoms with E-state index in [1.54, 1.807) is 0 Å². The topological polar surface area (TPSA) is 134 Å². The number of aliphatic hydroxyl groups excluding tert-OH is 4. The number of aromatic nitrogens is 2. The molecule has 0 saturated carbocycles. The number of imidazole rings is 1. The van der Waals surface area contributed by atoms with Gasteiger partial charge in [0.2, 0.25) is 12.5 Å². The Kier molecular flexibility index (Phi) is 2.99. The largest absolute Gasteiger partial charge is 0.394 e. The van der Waals surface area contributed by atoms with E-state index >= 15 is 0 Å². The highest BCUT2D eigenvalue weighted by molar-refractivity contribution is 5.75. The summed E-state index contributed by atoms with van der Waals surface area (Å²) in [6.07, 6.45) is -2.25. The van der Waals surface area contributed by atoms with Gasteiger partial charge in [0.05, 0.1) is 6.61 Å². The molecule has 1 aromatic heterocycles. The molecule has 9 nitrogen and oxygen atoms in total. The summed E-state index contributed by atoms with van der Waals surface area (Å²) in [4.78, 5) is 6.58. The van der Waals surface area contributed by atoms with Gasteiger partial charge in [-0.25, -0.2) is 9.56 Å². The van der Waals surface area contributed by atoms with Crippen LogP contribution in [0.1, 0.15) is 18.1 Å². The molecule has 0 radical (unpaired) electrons. The lowest BCUT2D eigenvalue weighted by Gasteiger charge is -2.15. The average molecular weight is 271 g/mol. The Bertz CT molecular complexity index is 504. The van der Waals surface area contributed by atoms with Gasteiger partial charge in [-0.2, -0.15) is 0 Å². The van der Waals surface area contributed by atoms with Gasteiger partial charge in [0.15, 0.2) is 12.0 Å². The van der Waals surface area contributed by atoms with E-state index in [4.69, 9.17) is 9.84 Å². The first-order valence-corrected chi connectivity index (χ1v) is 5.84. The molecule has 0 aliphatic carbocycles. The molecular weight excluding hydrogens is 256 g/mol. The van der Waals surface area contributed by atoms with Gasteiger partial charge >= 0.3 is 0 Å². The molecule has 104 valence electrons. The number of aliphatic imine (C=N–C) groups is 1. The van der Waals surface area contributed by atoms with Gasteiger partial charge in [0, 0.05) is 0 Å². The third-order valence-electron chi connectivity index (χ3n) is 3.34. The van der Waals surface area contributed by atoms with Crippen molar-refractivity contribution in [2.24, 2.45) is 4.99 Å². The van der Waals surface area contributed by atoms with Crippen LogP contribution < -0.4 is 9.88 Å². The Hall–Kier alpha value is -1.52. The van der Waals surface area contributed by atoms with Crippen LogP contribution in [0.4, 0.5) is 5.82 Å². The number of aromatic amines is 1. The van der Waals surface area contributed by atoms with E-state index in [-0.39, 0.29) is 6.61 Å². The fourth-order valence-electron chi connectivity index (χ4n) is 2.31. The van der Waals surface area contributed by atoms with Crippen molar-refractivity contribution >= 4 is 12.2 Å². The van der Waals surface area contributed by atoms with Crippen LogP contribution in [0.5, 0.6) is 0 Å². The summed E-state index contributed by atoms with van der Waals surface area (Å²) in [6.45, 7) is -0.389. The molecule has 0 amide bonds. The average Bonchev–Trinajstić information content (AvgIpc) is 2.94. The Morgan fingerprint density at radius 1 is 1.32 bits per heavy atom. The summed E-state index contributed by atoms with van der Waals surface area (Å²) in [5, 5.41) is 41.2. The number of hydrogen-bond acceptors (Lipinski definition) is 7. The normalized spacial score (nSPS) is 37.2. The van der Waals surface area contributed by atoms with Gasteiger partial charge in [0.25, 0.3) is 5.82 Å². The zero-order valence-electron chi connectivity index (χ0n) is 9.84. The fraction of sp³-hybridized carbons (Fsp3) is 0.600. The first-order valence-electron chi connectivity index (χ1n) is 5.84. The van der Waals surface area contributed by atoms with Crippen molar-refractivity contribution in [2.45, 2.75) is 30.8 Å². The van der Waals surface area contributed by atoms with Crippen LogP contribution in [-0.4, -0.2) is 56.7 Å². The third-order valence-corrected chi connectivity index (χ3v) is 3.34. The van der Waals surface area contributed by atoms with E-state index in [1.807, 2.05) is 0 Å². The second kappa shape index (κ2) is 4.54. The minimum absolute atomic E-state index is 0.389. The molecule has 1 saturated heterocycles. The van der Waals surface area contributed by atoms with Crippen molar-refractivity contribution < 1.29 is 29.7 Å². The second-order valence-electron chi connectivity index (χ2n) is 4.47. The van der Waals surface area contributed by atoms with Gasteiger partial charge in [-0.3, -0.25) is 10.3 Å². The number of nitrogens with zero attached hydrogens (tertiary/aromatic N) is 2. The first-order chi connectivity index (χ1) is 9.13. The van der Waals surface area contributed by atoms with Gasteiger partial charge in [-0.05, 0) is 0 Å². The standard InChI is InChI=1S/C10H14N4O5/c15-1-4-6(16)7(17)10(19-4)14-3-13-5-8(14)11-2-12-9(5)18/h2-4,6-7,9-10,15-18H,1H2,(H,11,12)/p+1. The number of anilines is 1. The number of nitrogens with one attached hydrogen (secondary N) is 2. The van der Waals surface area contributed by atoms with Gasteiger partial charge in [-0.1, -0.05) is 0 Å². The first kappa shape index (κ1) is 12.5. The van der Waals surface area contributed by atoms with E-state index in [1.165, 1.54) is 17.2 Å².